The van der Waals surface area contributed by atoms with Gasteiger partial charge in [0.15, 0.2) is 11.5 Å². The first-order chi connectivity index (χ1) is 15.9. The molecule has 0 aliphatic carbocycles. The number of rotatable bonds is 11. The average molecular weight is 471 g/mol. The first-order valence-electron chi connectivity index (χ1n) is 10.5. The van der Waals surface area contributed by atoms with Crippen LogP contribution in [0.1, 0.15) is 48.5 Å². The molecule has 0 atom stereocenters. The van der Waals surface area contributed by atoms with Crippen molar-refractivity contribution in [1.29, 1.82) is 5.26 Å². The van der Waals surface area contributed by atoms with Gasteiger partial charge in [-0.25, -0.2) is 4.79 Å². The highest BCUT2D eigenvalue weighted by atomic mass is 35.5. The van der Waals surface area contributed by atoms with E-state index < -0.39 is 11.9 Å². The number of nitrogens with zero attached hydrogens (tertiary/aromatic N) is 1. The van der Waals surface area contributed by atoms with Gasteiger partial charge in [0.25, 0.3) is 5.91 Å². The van der Waals surface area contributed by atoms with E-state index in [1.165, 1.54) is 32.4 Å². The number of hydrogen-bond donors (Lipinski definition) is 1. The highest BCUT2D eigenvalue weighted by Gasteiger charge is 2.15. The molecule has 2 aromatic carbocycles. The van der Waals surface area contributed by atoms with E-state index in [2.05, 4.69) is 17.0 Å². The van der Waals surface area contributed by atoms with Crippen molar-refractivity contribution in [3.05, 3.63) is 58.1 Å². The van der Waals surface area contributed by atoms with Crippen molar-refractivity contribution >= 4 is 35.2 Å². The van der Waals surface area contributed by atoms with Gasteiger partial charge < -0.3 is 19.5 Å². The lowest BCUT2D eigenvalue weighted by Crippen LogP contribution is -2.13. The van der Waals surface area contributed by atoms with Gasteiger partial charge in [0.1, 0.15) is 11.6 Å². The number of nitrogens with one attached hydrogen (secondary N) is 1. The predicted molar refractivity (Wildman–Crippen MR) is 128 cm³/mol. The molecule has 0 unspecified atom stereocenters. The smallest absolute Gasteiger partial charge is 0.337 e. The molecule has 0 saturated carbocycles. The third kappa shape index (κ3) is 7.55. The van der Waals surface area contributed by atoms with Gasteiger partial charge in [-0.1, -0.05) is 37.8 Å². The van der Waals surface area contributed by atoms with Crippen molar-refractivity contribution in [2.45, 2.75) is 32.6 Å². The van der Waals surface area contributed by atoms with Crippen LogP contribution >= 0.6 is 11.6 Å². The van der Waals surface area contributed by atoms with E-state index in [-0.39, 0.29) is 5.57 Å². The highest BCUT2D eigenvalue weighted by Crippen LogP contribution is 2.37. The zero-order chi connectivity index (χ0) is 24.2. The van der Waals surface area contributed by atoms with E-state index in [0.717, 1.165) is 25.7 Å². The predicted octanol–water partition coefficient (Wildman–Crippen LogP) is 5.64. The maximum atomic E-state index is 12.6. The monoisotopic (exact) mass is 470 g/mol. The lowest BCUT2D eigenvalue weighted by Gasteiger charge is -2.13. The van der Waals surface area contributed by atoms with Crippen molar-refractivity contribution in [3.63, 3.8) is 0 Å². The van der Waals surface area contributed by atoms with Crippen molar-refractivity contribution in [2.24, 2.45) is 0 Å². The summed E-state index contributed by atoms with van der Waals surface area (Å²) in [5, 5.41) is 12.4. The quantitative estimate of drug-likeness (QED) is 0.197. The Morgan fingerprint density at radius 3 is 2.45 bits per heavy atom. The number of ether oxygens (including phenoxy) is 3. The first kappa shape index (κ1) is 25.8. The van der Waals surface area contributed by atoms with Gasteiger partial charge in [-0.2, -0.15) is 5.26 Å². The minimum atomic E-state index is -0.602. The van der Waals surface area contributed by atoms with Crippen LogP contribution in [0.25, 0.3) is 6.08 Å². The zero-order valence-electron chi connectivity index (χ0n) is 18.9. The van der Waals surface area contributed by atoms with Gasteiger partial charge in [0.2, 0.25) is 0 Å². The number of halogens is 1. The van der Waals surface area contributed by atoms with Crippen LogP contribution < -0.4 is 14.8 Å². The van der Waals surface area contributed by atoms with Crippen LogP contribution in [-0.4, -0.2) is 32.7 Å². The molecule has 0 spiro atoms. The minimum absolute atomic E-state index is 0.126. The fourth-order valence-corrected chi connectivity index (χ4v) is 3.26. The second-order valence-corrected chi connectivity index (χ2v) is 7.54. The largest absolute Gasteiger partial charge is 0.493 e. The fourth-order valence-electron chi connectivity index (χ4n) is 2.99. The molecule has 0 fully saturated rings. The molecular formula is C25H27ClN2O5. The maximum absolute atomic E-state index is 12.6. The molecule has 2 aromatic rings. The summed E-state index contributed by atoms with van der Waals surface area (Å²) < 4.78 is 15.8. The maximum Gasteiger partial charge on any atom is 0.337 e. The van der Waals surface area contributed by atoms with E-state index in [4.69, 9.17) is 21.1 Å². The summed E-state index contributed by atoms with van der Waals surface area (Å²) in [7, 11) is 2.79. The molecule has 174 valence electrons. The van der Waals surface area contributed by atoms with Crippen LogP contribution in [0.3, 0.4) is 0 Å². The number of anilines is 1. The van der Waals surface area contributed by atoms with Crippen molar-refractivity contribution in [1.82, 2.24) is 0 Å². The molecule has 0 saturated heterocycles. The van der Waals surface area contributed by atoms with E-state index in [1.807, 2.05) is 6.07 Å². The van der Waals surface area contributed by atoms with Gasteiger partial charge in [-0.3, -0.25) is 4.79 Å². The molecule has 8 heteroatoms. The fraction of sp³-hybridized carbons (Fsp3) is 0.320. The number of unbranched alkanes of at least 4 members (excludes halogenated alkanes) is 3. The van der Waals surface area contributed by atoms with Gasteiger partial charge in [0, 0.05) is 5.69 Å². The Balaban J connectivity index is 2.15. The Morgan fingerprint density at radius 1 is 1.12 bits per heavy atom. The number of nitriles is 1. The van der Waals surface area contributed by atoms with Crippen molar-refractivity contribution < 1.29 is 23.8 Å². The molecule has 0 heterocycles. The van der Waals surface area contributed by atoms with E-state index >= 15 is 0 Å². The molecule has 0 bridgehead atoms. The molecule has 0 radical (unpaired) electrons. The Kier molecular flexibility index (Phi) is 10.3. The lowest BCUT2D eigenvalue weighted by atomic mass is 10.1. The molecule has 0 aliphatic rings. The second kappa shape index (κ2) is 13.1. The van der Waals surface area contributed by atoms with Gasteiger partial charge >= 0.3 is 5.97 Å². The summed E-state index contributed by atoms with van der Waals surface area (Å²) in [4.78, 5) is 24.1. The number of benzene rings is 2. The Bertz CT molecular complexity index is 1040. The average Bonchev–Trinajstić information content (AvgIpc) is 2.82. The SMILES string of the molecule is CCCCCCOc1c(Cl)cc(/C=C(/C#N)C(=O)Nc2ccc(C(=O)OC)cc2)cc1OC. The molecular weight excluding hydrogens is 444 g/mol. The molecule has 2 rings (SSSR count). The molecule has 0 aliphatic heterocycles. The van der Waals surface area contributed by atoms with Crippen LogP contribution in [0.5, 0.6) is 11.5 Å². The van der Waals surface area contributed by atoms with E-state index in [0.29, 0.717) is 39.9 Å². The normalized spacial score (nSPS) is 10.8. The number of esters is 1. The van der Waals surface area contributed by atoms with E-state index in [1.54, 1.807) is 24.3 Å². The highest BCUT2D eigenvalue weighted by molar-refractivity contribution is 6.32. The minimum Gasteiger partial charge on any atom is -0.493 e. The summed E-state index contributed by atoms with van der Waals surface area (Å²) in [6, 6.07) is 11.3. The molecule has 1 N–H and O–H groups in total. The zero-order valence-corrected chi connectivity index (χ0v) is 19.7. The van der Waals surface area contributed by atoms with E-state index in [9.17, 15) is 14.9 Å². The van der Waals surface area contributed by atoms with Crippen molar-refractivity contribution in [2.75, 3.05) is 26.1 Å². The summed E-state index contributed by atoms with van der Waals surface area (Å²) in [5.74, 6) is -0.235. The number of amides is 1. The summed E-state index contributed by atoms with van der Waals surface area (Å²) in [6.07, 6.45) is 5.68. The van der Waals surface area contributed by atoms with Crippen LogP contribution in [0.2, 0.25) is 5.02 Å². The Hall–Kier alpha value is -3.50. The standard InChI is InChI=1S/C25H27ClN2O5/c1-4-5-6-7-12-33-23-21(26)14-17(15-22(23)31-2)13-19(16-27)24(29)28-20-10-8-18(9-11-20)25(30)32-3/h8-11,13-15H,4-7,12H2,1-3H3,(H,28,29)/b19-13-. The first-order valence-corrected chi connectivity index (χ1v) is 10.9. The molecule has 7 nitrogen and oxygen atoms in total. The lowest BCUT2D eigenvalue weighted by molar-refractivity contribution is -0.112. The van der Waals surface area contributed by atoms with Crippen LogP contribution in [0.4, 0.5) is 5.69 Å². The van der Waals surface area contributed by atoms with Crippen LogP contribution in [0, 0.1) is 11.3 Å². The third-order valence-corrected chi connectivity index (χ3v) is 5.02. The Labute approximate surface area is 198 Å². The van der Waals surface area contributed by atoms with Gasteiger partial charge in [0.05, 0.1) is 31.4 Å². The molecule has 0 aromatic heterocycles. The number of methoxy groups -OCH3 is 2. The Morgan fingerprint density at radius 2 is 1.85 bits per heavy atom. The molecule has 1 amide bonds. The molecule has 33 heavy (non-hydrogen) atoms. The van der Waals surface area contributed by atoms with Crippen LogP contribution in [-0.2, 0) is 9.53 Å². The summed E-state index contributed by atoms with van der Waals surface area (Å²) >= 11 is 6.39. The van der Waals surface area contributed by atoms with Gasteiger partial charge in [-0.05, 0) is 54.5 Å². The topological polar surface area (TPSA) is 97.7 Å². The second-order valence-electron chi connectivity index (χ2n) is 7.14. The van der Waals surface area contributed by atoms with Gasteiger partial charge in [-0.15, -0.1) is 0 Å². The van der Waals surface area contributed by atoms with Crippen molar-refractivity contribution in [3.8, 4) is 17.6 Å². The summed E-state index contributed by atoms with van der Waals surface area (Å²) in [5.41, 5.74) is 1.17. The van der Waals surface area contributed by atoms with Crippen LogP contribution in [0.15, 0.2) is 42.0 Å². The number of carbonyl (C=O) groups is 2. The summed E-state index contributed by atoms with van der Waals surface area (Å²) in [6.45, 7) is 2.66. The number of carbonyl (C=O) groups excluding carboxylic acids is 2. The third-order valence-electron chi connectivity index (χ3n) is 4.74. The number of hydrogen-bond acceptors (Lipinski definition) is 6.